The number of H-pyrrole nitrogens is 1. The number of aromatic nitrogens is 1. The van der Waals surface area contributed by atoms with Crippen molar-refractivity contribution < 1.29 is 13.9 Å². The van der Waals surface area contributed by atoms with Crippen molar-refractivity contribution in [3.8, 4) is 11.5 Å². The van der Waals surface area contributed by atoms with Gasteiger partial charge in [0.25, 0.3) is 0 Å². The van der Waals surface area contributed by atoms with Crippen molar-refractivity contribution in [1.82, 2.24) is 10.3 Å². The molecule has 1 aromatic heterocycles. The van der Waals surface area contributed by atoms with E-state index in [0.717, 1.165) is 60.3 Å². The zero-order chi connectivity index (χ0) is 20.9. The number of benzene rings is 2. The smallest absolute Gasteiger partial charge is 0.248 e. The van der Waals surface area contributed by atoms with Gasteiger partial charge in [-0.25, -0.2) is 4.39 Å². The highest BCUT2D eigenvalue weighted by Gasteiger charge is 2.39. The number of unbranched alkanes of at least 4 members (excludes halogenated alkanes) is 1. The van der Waals surface area contributed by atoms with E-state index in [1.54, 1.807) is 25.3 Å². The summed E-state index contributed by atoms with van der Waals surface area (Å²) in [5, 5.41) is 4.48. The molecule has 6 heteroatoms. The number of rotatable bonds is 10. The van der Waals surface area contributed by atoms with Crippen LogP contribution >= 0.6 is 0 Å². The molecule has 4 rings (SSSR count). The molecule has 158 valence electrons. The highest BCUT2D eigenvalue weighted by molar-refractivity contribution is 5.79. The van der Waals surface area contributed by atoms with Crippen LogP contribution < -0.4 is 20.3 Å². The van der Waals surface area contributed by atoms with E-state index in [2.05, 4.69) is 10.3 Å². The van der Waals surface area contributed by atoms with Crippen LogP contribution in [0.2, 0.25) is 0 Å². The Morgan fingerprint density at radius 3 is 2.87 bits per heavy atom. The lowest BCUT2D eigenvalue weighted by molar-refractivity contribution is 0.306. The number of aromatic amines is 1. The third kappa shape index (κ3) is 5.00. The summed E-state index contributed by atoms with van der Waals surface area (Å²) in [7, 11) is 1.63. The summed E-state index contributed by atoms with van der Waals surface area (Å²) in [6.07, 6.45) is 3.03. The molecule has 2 aromatic carbocycles. The molecule has 5 nitrogen and oxygen atoms in total. The number of pyridine rings is 1. The SMILES string of the molecule is COc1ccc(F)cc1C1CC1CNCCCCOc1ccc2ccc(=O)[nH]c2c1. The number of halogens is 1. The maximum Gasteiger partial charge on any atom is 0.248 e. The second-order valence-electron chi connectivity index (χ2n) is 7.82. The van der Waals surface area contributed by atoms with Gasteiger partial charge in [-0.3, -0.25) is 4.79 Å². The molecule has 1 saturated carbocycles. The van der Waals surface area contributed by atoms with Crippen molar-refractivity contribution in [3.05, 3.63) is 70.3 Å². The van der Waals surface area contributed by atoms with E-state index in [1.807, 2.05) is 18.2 Å². The Bertz CT molecular complexity index is 1070. The Morgan fingerprint density at radius 1 is 1.13 bits per heavy atom. The minimum absolute atomic E-state index is 0.112. The van der Waals surface area contributed by atoms with Crippen molar-refractivity contribution in [2.45, 2.75) is 25.2 Å². The second-order valence-corrected chi connectivity index (χ2v) is 7.82. The number of hydrogen-bond donors (Lipinski definition) is 2. The number of hydrogen-bond acceptors (Lipinski definition) is 4. The molecule has 1 aliphatic rings. The van der Waals surface area contributed by atoms with Gasteiger partial charge in [-0.1, -0.05) is 0 Å². The average molecular weight is 410 g/mol. The van der Waals surface area contributed by atoms with Crippen LogP contribution in [-0.2, 0) is 0 Å². The Labute approximate surface area is 175 Å². The molecule has 0 saturated heterocycles. The molecule has 2 N–H and O–H groups in total. The number of fused-ring (bicyclic) bond motifs is 1. The second kappa shape index (κ2) is 9.30. The van der Waals surface area contributed by atoms with Crippen LogP contribution in [0.25, 0.3) is 10.9 Å². The lowest BCUT2D eigenvalue weighted by atomic mass is 10.1. The van der Waals surface area contributed by atoms with Crippen molar-refractivity contribution in [2.75, 3.05) is 26.8 Å². The maximum absolute atomic E-state index is 13.5. The molecule has 3 aromatic rings. The molecule has 1 heterocycles. The minimum Gasteiger partial charge on any atom is -0.496 e. The van der Waals surface area contributed by atoms with E-state index in [1.165, 1.54) is 12.1 Å². The molecular formula is C24H27FN2O3. The summed E-state index contributed by atoms with van der Waals surface area (Å²) in [6, 6.07) is 13.8. The van der Waals surface area contributed by atoms with Gasteiger partial charge in [0.15, 0.2) is 0 Å². The van der Waals surface area contributed by atoms with Crippen LogP contribution in [0, 0.1) is 11.7 Å². The van der Waals surface area contributed by atoms with Gasteiger partial charge in [0, 0.05) is 17.7 Å². The van der Waals surface area contributed by atoms with Gasteiger partial charge in [-0.05, 0) is 86.0 Å². The van der Waals surface area contributed by atoms with Crippen molar-refractivity contribution in [2.24, 2.45) is 5.92 Å². The van der Waals surface area contributed by atoms with E-state index >= 15 is 0 Å². The normalized spacial score (nSPS) is 17.8. The Morgan fingerprint density at radius 2 is 2.00 bits per heavy atom. The lowest BCUT2D eigenvalue weighted by Crippen LogP contribution is -2.19. The fraction of sp³-hybridized carbons (Fsp3) is 0.375. The van der Waals surface area contributed by atoms with Gasteiger partial charge < -0.3 is 19.8 Å². The Hall–Kier alpha value is -2.86. The topological polar surface area (TPSA) is 63.4 Å². The molecule has 2 atom stereocenters. The van der Waals surface area contributed by atoms with E-state index in [-0.39, 0.29) is 11.4 Å². The zero-order valence-corrected chi connectivity index (χ0v) is 17.1. The quantitative estimate of drug-likeness (QED) is 0.491. The van der Waals surface area contributed by atoms with Crippen LogP contribution in [-0.4, -0.2) is 31.8 Å². The molecule has 0 spiro atoms. The molecule has 1 fully saturated rings. The van der Waals surface area contributed by atoms with Gasteiger partial charge >= 0.3 is 0 Å². The molecule has 0 amide bonds. The number of nitrogens with one attached hydrogen (secondary N) is 2. The van der Waals surface area contributed by atoms with Crippen LogP contribution in [0.1, 0.15) is 30.7 Å². The minimum atomic E-state index is -0.206. The monoisotopic (exact) mass is 410 g/mol. The van der Waals surface area contributed by atoms with Crippen LogP contribution in [0.3, 0.4) is 0 Å². The number of methoxy groups -OCH3 is 1. The zero-order valence-electron chi connectivity index (χ0n) is 17.1. The molecule has 2 unspecified atom stereocenters. The largest absolute Gasteiger partial charge is 0.496 e. The maximum atomic E-state index is 13.5. The standard InChI is InChI=1S/C24H27FN2O3/c1-29-23-8-6-18(25)13-21(23)20-12-17(20)15-26-10-2-3-11-30-19-7-4-16-5-9-24(28)27-22(16)14-19/h4-9,13-14,17,20,26H,2-3,10-12,15H2,1H3,(H,27,28). The first-order valence-electron chi connectivity index (χ1n) is 10.4. The third-order valence-corrected chi connectivity index (χ3v) is 5.63. The van der Waals surface area contributed by atoms with Crippen LogP contribution in [0.15, 0.2) is 53.3 Å². The van der Waals surface area contributed by atoms with E-state index in [0.29, 0.717) is 18.4 Å². The highest BCUT2D eigenvalue weighted by Crippen LogP contribution is 2.50. The fourth-order valence-corrected chi connectivity index (χ4v) is 3.90. The van der Waals surface area contributed by atoms with E-state index in [4.69, 9.17) is 9.47 Å². The molecule has 0 bridgehead atoms. The Kier molecular flexibility index (Phi) is 6.33. The summed E-state index contributed by atoms with van der Waals surface area (Å²) in [5.41, 5.74) is 1.66. The predicted octanol–water partition coefficient (Wildman–Crippen LogP) is 4.23. The fourth-order valence-electron chi connectivity index (χ4n) is 3.90. The van der Waals surface area contributed by atoms with Gasteiger partial charge in [0.05, 0.1) is 19.2 Å². The summed E-state index contributed by atoms with van der Waals surface area (Å²) in [6.45, 7) is 2.50. The summed E-state index contributed by atoms with van der Waals surface area (Å²) < 4.78 is 24.7. The first-order valence-corrected chi connectivity index (χ1v) is 10.4. The average Bonchev–Trinajstić information content (AvgIpc) is 3.52. The summed E-state index contributed by atoms with van der Waals surface area (Å²) in [4.78, 5) is 14.2. The van der Waals surface area contributed by atoms with Crippen LogP contribution in [0.5, 0.6) is 11.5 Å². The van der Waals surface area contributed by atoms with Gasteiger partial charge in [0.2, 0.25) is 5.56 Å². The van der Waals surface area contributed by atoms with Crippen molar-refractivity contribution in [1.29, 1.82) is 0 Å². The third-order valence-electron chi connectivity index (χ3n) is 5.63. The highest BCUT2D eigenvalue weighted by atomic mass is 19.1. The van der Waals surface area contributed by atoms with Crippen molar-refractivity contribution >= 4 is 10.9 Å². The molecular weight excluding hydrogens is 383 g/mol. The van der Waals surface area contributed by atoms with Gasteiger partial charge in [-0.15, -0.1) is 0 Å². The van der Waals surface area contributed by atoms with Gasteiger partial charge in [-0.2, -0.15) is 0 Å². The van der Waals surface area contributed by atoms with Gasteiger partial charge in [0.1, 0.15) is 17.3 Å². The Balaban J connectivity index is 1.13. The lowest BCUT2D eigenvalue weighted by Gasteiger charge is -2.09. The summed E-state index contributed by atoms with van der Waals surface area (Å²) >= 11 is 0. The first-order chi connectivity index (χ1) is 14.6. The number of ether oxygens (including phenoxy) is 2. The molecule has 30 heavy (non-hydrogen) atoms. The molecule has 0 radical (unpaired) electrons. The van der Waals surface area contributed by atoms with Crippen molar-refractivity contribution in [3.63, 3.8) is 0 Å². The molecule has 0 aliphatic heterocycles. The molecule has 1 aliphatic carbocycles. The summed E-state index contributed by atoms with van der Waals surface area (Å²) in [5.74, 6) is 2.26. The van der Waals surface area contributed by atoms with E-state index in [9.17, 15) is 9.18 Å². The van der Waals surface area contributed by atoms with Crippen LogP contribution in [0.4, 0.5) is 4.39 Å². The van der Waals surface area contributed by atoms with E-state index < -0.39 is 0 Å². The first kappa shape index (κ1) is 20.4. The predicted molar refractivity (Wildman–Crippen MR) is 116 cm³/mol.